The van der Waals surface area contributed by atoms with Crippen LogP contribution in [0.2, 0.25) is 0 Å². The van der Waals surface area contributed by atoms with Crippen molar-refractivity contribution in [3.8, 4) is 11.1 Å². The van der Waals surface area contributed by atoms with Crippen LogP contribution in [-0.4, -0.2) is 30.3 Å². The molecule has 0 aliphatic heterocycles. The predicted molar refractivity (Wildman–Crippen MR) is 113 cm³/mol. The van der Waals surface area contributed by atoms with E-state index in [9.17, 15) is 13.2 Å². The molecule has 7 nitrogen and oxygen atoms in total. The van der Waals surface area contributed by atoms with Crippen LogP contribution >= 0.6 is 0 Å². The van der Waals surface area contributed by atoms with E-state index in [2.05, 4.69) is 20.2 Å². The quantitative estimate of drug-likeness (QED) is 0.552. The fourth-order valence-corrected chi connectivity index (χ4v) is 4.96. The van der Waals surface area contributed by atoms with E-state index in [4.69, 9.17) is 0 Å². The maximum atomic E-state index is 12.3. The lowest BCUT2D eigenvalue weighted by Gasteiger charge is -2.09. The summed E-state index contributed by atoms with van der Waals surface area (Å²) in [4.78, 5) is 12.0. The molecule has 2 fully saturated rings. The van der Waals surface area contributed by atoms with Crippen molar-refractivity contribution in [3.63, 3.8) is 0 Å². The Morgan fingerprint density at radius 2 is 1.86 bits per heavy atom. The Kier molecular flexibility index (Phi) is 4.31. The first-order valence-corrected chi connectivity index (χ1v) is 11.5. The summed E-state index contributed by atoms with van der Waals surface area (Å²) < 4.78 is 27.2. The molecular formula is C21H22N4O3S. The van der Waals surface area contributed by atoms with E-state index in [1.165, 1.54) is 0 Å². The Balaban J connectivity index is 1.38. The van der Waals surface area contributed by atoms with Gasteiger partial charge in [-0.1, -0.05) is 18.2 Å². The van der Waals surface area contributed by atoms with Crippen LogP contribution in [0.1, 0.15) is 25.7 Å². The van der Waals surface area contributed by atoms with Gasteiger partial charge in [0.1, 0.15) is 0 Å². The standard InChI is InChI=1S/C21H22N4O3S/c26-21(14-6-7-14)22-20-18-9-8-16(11-19(18)23-24-20)15-2-1-3-17(10-15)25-29(27,28)12-13-4-5-13/h1-3,8-11,13-14,25H,4-7,12H2,(H2,22,23,24,26). The molecule has 0 atom stereocenters. The zero-order chi connectivity index (χ0) is 20.0. The van der Waals surface area contributed by atoms with Crippen LogP contribution in [0.3, 0.4) is 0 Å². The number of H-pyrrole nitrogens is 1. The van der Waals surface area contributed by atoms with Crippen molar-refractivity contribution in [1.82, 2.24) is 10.2 Å². The van der Waals surface area contributed by atoms with Gasteiger partial charge in [0, 0.05) is 17.0 Å². The van der Waals surface area contributed by atoms with Gasteiger partial charge < -0.3 is 5.32 Å². The van der Waals surface area contributed by atoms with Crippen molar-refractivity contribution in [2.75, 3.05) is 15.8 Å². The molecule has 150 valence electrons. The third kappa shape index (κ3) is 4.12. The number of anilines is 2. The first-order valence-electron chi connectivity index (χ1n) is 9.87. The minimum Gasteiger partial charge on any atom is -0.308 e. The fraction of sp³-hybridized carbons (Fsp3) is 0.333. The largest absolute Gasteiger partial charge is 0.308 e. The maximum Gasteiger partial charge on any atom is 0.232 e. The Morgan fingerprint density at radius 3 is 2.62 bits per heavy atom. The summed E-state index contributed by atoms with van der Waals surface area (Å²) in [6.07, 6.45) is 3.88. The van der Waals surface area contributed by atoms with Crippen LogP contribution < -0.4 is 10.0 Å². The van der Waals surface area contributed by atoms with E-state index < -0.39 is 10.0 Å². The highest BCUT2D eigenvalue weighted by molar-refractivity contribution is 7.92. The van der Waals surface area contributed by atoms with Crippen molar-refractivity contribution < 1.29 is 13.2 Å². The lowest BCUT2D eigenvalue weighted by atomic mass is 10.0. The van der Waals surface area contributed by atoms with Gasteiger partial charge in [-0.05, 0) is 67.0 Å². The molecule has 1 amide bonds. The fourth-order valence-electron chi connectivity index (χ4n) is 3.44. The van der Waals surface area contributed by atoms with Crippen LogP contribution in [0.4, 0.5) is 11.5 Å². The molecule has 0 saturated heterocycles. The molecule has 0 unspecified atom stereocenters. The molecule has 0 bridgehead atoms. The molecule has 29 heavy (non-hydrogen) atoms. The molecule has 2 saturated carbocycles. The summed E-state index contributed by atoms with van der Waals surface area (Å²) in [5, 5.41) is 10.9. The Bertz CT molecular complexity index is 1190. The SMILES string of the molecule is O=C(Nc1n[nH]c2cc(-c3cccc(NS(=O)(=O)CC4CC4)c3)ccc12)C1CC1. The van der Waals surface area contributed by atoms with Gasteiger partial charge in [-0.2, -0.15) is 5.10 Å². The second-order valence-corrected chi connectivity index (χ2v) is 9.77. The number of nitrogens with zero attached hydrogens (tertiary/aromatic N) is 1. The molecule has 0 spiro atoms. The number of benzene rings is 2. The van der Waals surface area contributed by atoms with Gasteiger partial charge in [0.2, 0.25) is 15.9 Å². The number of aromatic amines is 1. The minimum absolute atomic E-state index is 0.0219. The average molecular weight is 410 g/mol. The molecule has 5 rings (SSSR count). The maximum absolute atomic E-state index is 12.3. The summed E-state index contributed by atoms with van der Waals surface area (Å²) in [5.74, 6) is 1.17. The van der Waals surface area contributed by atoms with E-state index in [0.717, 1.165) is 47.7 Å². The Morgan fingerprint density at radius 1 is 1.07 bits per heavy atom. The van der Waals surface area contributed by atoms with Gasteiger partial charge >= 0.3 is 0 Å². The van der Waals surface area contributed by atoms with Crippen molar-refractivity contribution in [2.45, 2.75) is 25.7 Å². The van der Waals surface area contributed by atoms with Gasteiger partial charge in [0.15, 0.2) is 5.82 Å². The smallest absolute Gasteiger partial charge is 0.232 e. The number of fused-ring (bicyclic) bond motifs is 1. The number of hydrogen-bond acceptors (Lipinski definition) is 4. The highest BCUT2D eigenvalue weighted by Gasteiger charge is 2.30. The zero-order valence-corrected chi connectivity index (χ0v) is 16.6. The van der Waals surface area contributed by atoms with E-state index in [0.29, 0.717) is 17.4 Å². The summed E-state index contributed by atoms with van der Waals surface area (Å²) in [6, 6.07) is 13.2. The summed E-state index contributed by atoms with van der Waals surface area (Å²) in [5.41, 5.74) is 3.21. The third-order valence-corrected chi connectivity index (χ3v) is 6.83. The topological polar surface area (TPSA) is 104 Å². The number of aromatic nitrogens is 2. The number of sulfonamides is 1. The summed E-state index contributed by atoms with van der Waals surface area (Å²) in [6.45, 7) is 0. The Labute approximate surface area is 168 Å². The third-order valence-electron chi connectivity index (χ3n) is 5.37. The number of amides is 1. The number of carbonyl (C=O) groups is 1. The molecule has 8 heteroatoms. The molecule has 3 N–H and O–H groups in total. The second kappa shape index (κ2) is 6.88. The predicted octanol–water partition coefficient (Wildman–Crippen LogP) is 3.73. The molecule has 0 radical (unpaired) electrons. The highest BCUT2D eigenvalue weighted by Crippen LogP contribution is 2.33. The average Bonchev–Trinajstić information content (AvgIpc) is 3.61. The minimum atomic E-state index is -3.32. The van der Waals surface area contributed by atoms with Crippen molar-refractivity contribution in [2.24, 2.45) is 11.8 Å². The van der Waals surface area contributed by atoms with Gasteiger partial charge in [-0.3, -0.25) is 14.6 Å². The van der Waals surface area contributed by atoms with Crippen molar-refractivity contribution in [3.05, 3.63) is 42.5 Å². The first-order chi connectivity index (χ1) is 14.0. The second-order valence-electron chi connectivity index (χ2n) is 8.00. The van der Waals surface area contributed by atoms with Crippen LogP contribution in [-0.2, 0) is 14.8 Å². The molecule has 2 aromatic carbocycles. The van der Waals surface area contributed by atoms with E-state index in [1.807, 2.05) is 36.4 Å². The molecule has 2 aliphatic carbocycles. The molecule has 1 aromatic heterocycles. The zero-order valence-electron chi connectivity index (χ0n) is 15.8. The number of carbonyl (C=O) groups excluding carboxylic acids is 1. The van der Waals surface area contributed by atoms with E-state index in [-0.39, 0.29) is 17.6 Å². The summed E-state index contributed by atoms with van der Waals surface area (Å²) in [7, 11) is -3.32. The van der Waals surface area contributed by atoms with Gasteiger partial charge in [0.25, 0.3) is 0 Å². The monoisotopic (exact) mass is 410 g/mol. The van der Waals surface area contributed by atoms with Gasteiger partial charge in [-0.15, -0.1) is 0 Å². The number of hydrogen-bond donors (Lipinski definition) is 3. The summed E-state index contributed by atoms with van der Waals surface area (Å²) >= 11 is 0. The highest BCUT2D eigenvalue weighted by atomic mass is 32.2. The Hall–Kier alpha value is -2.87. The van der Waals surface area contributed by atoms with Crippen LogP contribution in [0, 0.1) is 11.8 Å². The number of rotatable bonds is 7. The molecular weight excluding hydrogens is 388 g/mol. The molecule has 1 heterocycles. The first kappa shape index (κ1) is 18.2. The van der Waals surface area contributed by atoms with Crippen LogP contribution in [0.15, 0.2) is 42.5 Å². The lowest BCUT2D eigenvalue weighted by Crippen LogP contribution is -2.17. The molecule has 3 aromatic rings. The lowest BCUT2D eigenvalue weighted by molar-refractivity contribution is -0.117. The van der Waals surface area contributed by atoms with Crippen molar-refractivity contribution >= 4 is 38.3 Å². The van der Waals surface area contributed by atoms with E-state index in [1.54, 1.807) is 6.07 Å². The van der Waals surface area contributed by atoms with Crippen molar-refractivity contribution in [1.29, 1.82) is 0 Å². The number of nitrogens with one attached hydrogen (secondary N) is 3. The van der Waals surface area contributed by atoms with Crippen LogP contribution in [0.5, 0.6) is 0 Å². The molecule has 2 aliphatic rings. The van der Waals surface area contributed by atoms with Crippen LogP contribution in [0.25, 0.3) is 22.0 Å². The normalized spacial score (nSPS) is 16.7. The van der Waals surface area contributed by atoms with Gasteiger partial charge in [-0.25, -0.2) is 8.42 Å². The van der Waals surface area contributed by atoms with E-state index >= 15 is 0 Å². The van der Waals surface area contributed by atoms with Gasteiger partial charge in [0.05, 0.1) is 11.3 Å².